The van der Waals surface area contributed by atoms with Crippen molar-refractivity contribution in [3.8, 4) is 11.5 Å². The van der Waals surface area contributed by atoms with Crippen molar-refractivity contribution in [1.82, 2.24) is 14.8 Å². The zero-order chi connectivity index (χ0) is 23.1. The lowest BCUT2D eigenvalue weighted by atomic mass is 9.95. The molecule has 1 aliphatic rings. The van der Waals surface area contributed by atoms with E-state index in [4.69, 9.17) is 19.3 Å². The van der Waals surface area contributed by atoms with E-state index in [0.717, 1.165) is 37.0 Å². The molecular formula is C23H32N4O4S. The van der Waals surface area contributed by atoms with Gasteiger partial charge >= 0.3 is 5.97 Å². The third-order valence-electron chi connectivity index (χ3n) is 5.24. The summed E-state index contributed by atoms with van der Waals surface area (Å²) in [7, 11) is 3.19. The number of nitrogens with zero attached hydrogens (tertiary/aromatic N) is 3. The predicted octanol–water partition coefficient (Wildman–Crippen LogP) is 4.82. The zero-order valence-electron chi connectivity index (χ0n) is 19.4. The maximum Gasteiger partial charge on any atom is 0.338 e. The first kappa shape index (κ1) is 24.0. The Hall–Kier alpha value is -2.68. The monoisotopic (exact) mass is 460 g/mol. The Morgan fingerprint density at radius 3 is 2.59 bits per heavy atom. The van der Waals surface area contributed by atoms with Crippen molar-refractivity contribution in [1.29, 1.82) is 0 Å². The first-order valence-corrected chi connectivity index (χ1v) is 12.0. The molecule has 2 aromatic rings. The van der Waals surface area contributed by atoms with Gasteiger partial charge in [-0.05, 0) is 37.5 Å². The van der Waals surface area contributed by atoms with Crippen molar-refractivity contribution >= 4 is 23.7 Å². The molecule has 1 aromatic carbocycles. The van der Waals surface area contributed by atoms with Crippen LogP contribution in [0, 0.1) is 0 Å². The Labute approximate surface area is 193 Å². The second-order valence-electron chi connectivity index (χ2n) is 7.53. The molecule has 32 heavy (non-hydrogen) atoms. The quantitative estimate of drug-likeness (QED) is 0.290. The van der Waals surface area contributed by atoms with Crippen molar-refractivity contribution in [2.24, 2.45) is 0 Å². The van der Waals surface area contributed by atoms with Crippen LogP contribution < -0.4 is 14.8 Å². The summed E-state index contributed by atoms with van der Waals surface area (Å²) >= 11 is 1.61. The van der Waals surface area contributed by atoms with E-state index in [1.165, 1.54) is 0 Å². The first-order chi connectivity index (χ1) is 15.5. The summed E-state index contributed by atoms with van der Waals surface area (Å²) in [6.45, 7) is 6.47. The second-order valence-corrected chi connectivity index (χ2v) is 8.60. The number of aromatic nitrogens is 3. The predicted molar refractivity (Wildman–Crippen MR) is 126 cm³/mol. The molecule has 0 saturated carbocycles. The van der Waals surface area contributed by atoms with Crippen molar-refractivity contribution in [3.05, 3.63) is 35.0 Å². The number of thioether (sulfide) groups is 1. The van der Waals surface area contributed by atoms with Gasteiger partial charge in [0.1, 0.15) is 6.04 Å². The average Bonchev–Trinajstić information content (AvgIpc) is 3.20. The fourth-order valence-corrected chi connectivity index (χ4v) is 4.40. The molecule has 0 saturated heterocycles. The van der Waals surface area contributed by atoms with Gasteiger partial charge in [0.15, 0.2) is 11.5 Å². The van der Waals surface area contributed by atoms with Crippen LogP contribution >= 0.6 is 11.8 Å². The van der Waals surface area contributed by atoms with Gasteiger partial charge in [0, 0.05) is 11.4 Å². The minimum atomic E-state index is -0.492. The maximum atomic E-state index is 13.1. The summed E-state index contributed by atoms with van der Waals surface area (Å²) in [6.07, 6.45) is 3.97. The molecule has 1 aromatic heterocycles. The molecule has 9 heteroatoms. The normalized spacial score (nSPS) is 15.2. The number of esters is 1. The molecule has 0 amide bonds. The van der Waals surface area contributed by atoms with Crippen LogP contribution in [0.4, 0.5) is 5.95 Å². The lowest BCUT2D eigenvalue weighted by Gasteiger charge is -2.28. The highest BCUT2D eigenvalue weighted by Gasteiger charge is 2.35. The summed E-state index contributed by atoms with van der Waals surface area (Å²) < 4.78 is 18.2. The molecule has 0 aliphatic carbocycles. The molecule has 1 N–H and O–H groups in total. The minimum Gasteiger partial charge on any atom is -0.493 e. The molecule has 0 radical (unpaired) electrons. The fourth-order valence-electron chi connectivity index (χ4n) is 3.48. The number of rotatable bonds is 11. The Kier molecular flexibility index (Phi) is 8.44. The number of benzene rings is 1. The molecule has 1 aliphatic heterocycles. The number of hydrogen-bond donors (Lipinski definition) is 1. The third kappa shape index (κ3) is 5.20. The average molecular weight is 461 g/mol. The standard InChI is InChI=1S/C23H32N4O4S/c1-6-8-12-31-21(28)19-15(3)24-22-25-23(32-13-9-7-2)26-27(22)20(19)16-10-11-17(29-4)18(14-16)30-5/h10-11,14,20H,6-9,12-13H2,1-5H3,(H,24,25,26). The highest BCUT2D eigenvalue weighted by atomic mass is 32.2. The van der Waals surface area contributed by atoms with Crippen molar-refractivity contribution in [3.63, 3.8) is 0 Å². The van der Waals surface area contributed by atoms with Crippen LogP contribution in [0.3, 0.4) is 0 Å². The molecule has 1 unspecified atom stereocenters. The van der Waals surface area contributed by atoms with E-state index in [-0.39, 0.29) is 5.97 Å². The number of nitrogens with one attached hydrogen (secondary N) is 1. The van der Waals surface area contributed by atoms with Crippen molar-refractivity contribution in [2.75, 3.05) is 31.9 Å². The van der Waals surface area contributed by atoms with Gasteiger partial charge in [0.25, 0.3) is 0 Å². The summed E-state index contributed by atoms with van der Waals surface area (Å²) in [4.78, 5) is 17.8. The summed E-state index contributed by atoms with van der Waals surface area (Å²) in [5.41, 5.74) is 2.05. The molecule has 0 spiro atoms. The minimum absolute atomic E-state index is 0.357. The number of unbranched alkanes of at least 4 members (excludes halogenated alkanes) is 2. The van der Waals surface area contributed by atoms with Crippen LogP contribution in [0.5, 0.6) is 11.5 Å². The van der Waals surface area contributed by atoms with E-state index >= 15 is 0 Å². The summed E-state index contributed by atoms with van der Waals surface area (Å²) in [5.74, 6) is 2.39. The van der Waals surface area contributed by atoms with Crippen LogP contribution in [0.2, 0.25) is 0 Å². The molecule has 3 rings (SSSR count). The topological polar surface area (TPSA) is 87.5 Å². The van der Waals surface area contributed by atoms with Crippen LogP contribution in [0.15, 0.2) is 34.6 Å². The van der Waals surface area contributed by atoms with Crippen LogP contribution in [-0.4, -0.2) is 47.3 Å². The van der Waals surface area contributed by atoms with Gasteiger partial charge in [0.05, 0.1) is 26.4 Å². The van der Waals surface area contributed by atoms with E-state index in [1.54, 1.807) is 30.7 Å². The summed E-state index contributed by atoms with van der Waals surface area (Å²) in [6, 6.07) is 5.13. The number of methoxy groups -OCH3 is 2. The van der Waals surface area contributed by atoms with E-state index in [2.05, 4.69) is 24.1 Å². The van der Waals surface area contributed by atoms with E-state index < -0.39 is 6.04 Å². The van der Waals surface area contributed by atoms with Gasteiger partial charge in [-0.2, -0.15) is 4.98 Å². The number of anilines is 1. The van der Waals surface area contributed by atoms with E-state index in [1.807, 2.05) is 25.1 Å². The summed E-state index contributed by atoms with van der Waals surface area (Å²) in [5, 5.41) is 8.66. The maximum absolute atomic E-state index is 13.1. The number of hydrogen-bond acceptors (Lipinski definition) is 8. The number of fused-ring (bicyclic) bond motifs is 1. The van der Waals surface area contributed by atoms with Gasteiger partial charge < -0.3 is 19.5 Å². The van der Waals surface area contributed by atoms with E-state index in [9.17, 15) is 4.79 Å². The van der Waals surface area contributed by atoms with Gasteiger partial charge in [0.2, 0.25) is 11.1 Å². The lowest BCUT2D eigenvalue weighted by molar-refractivity contribution is -0.139. The van der Waals surface area contributed by atoms with Crippen LogP contribution in [0.25, 0.3) is 0 Å². The third-order valence-corrected chi connectivity index (χ3v) is 6.16. The van der Waals surface area contributed by atoms with Gasteiger partial charge in [-0.15, -0.1) is 5.10 Å². The molecule has 1 atom stereocenters. The largest absolute Gasteiger partial charge is 0.493 e. The number of carbonyl (C=O) groups is 1. The molecule has 8 nitrogen and oxygen atoms in total. The molecule has 174 valence electrons. The second kappa shape index (κ2) is 11.3. The Morgan fingerprint density at radius 2 is 1.91 bits per heavy atom. The van der Waals surface area contributed by atoms with Crippen molar-refractivity contribution < 1.29 is 19.0 Å². The Bertz CT molecular complexity index is 973. The number of carbonyl (C=O) groups excluding carboxylic acids is 1. The highest BCUT2D eigenvalue weighted by Crippen LogP contribution is 2.39. The van der Waals surface area contributed by atoms with Gasteiger partial charge in [-0.3, -0.25) is 0 Å². The highest BCUT2D eigenvalue weighted by molar-refractivity contribution is 7.99. The fraction of sp³-hybridized carbons (Fsp3) is 0.522. The van der Waals surface area contributed by atoms with Crippen LogP contribution in [-0.2, 0) is 9.53 Å². The van der Waals surface area contributed by atoms with Crippen molar-refractivity contribution in [2.45, 2.75) is 57.7 Å². The molecule has 0 bridgehead atoms. The molecule has 2 heterocycles. The Balaban J connectivity index is 2.04. The Morgan fingerprint density at radius 1 is 1.16 bits per heavy atom. The van der Waals surface area contributed by atoms with Gasteiger partial charge in [-0.25, -0.2) is 9.48 Å². The van der Waals surface area contributed by atoms with Gasteiger partial charge in [-0.1, -0.05) is 44.5 Å². The lowest BCUT2D eigenvalue weighted by Crippen LogP contribution is -2.29. The number of allylic oxidation sites excluding steroid dienone is 1. The molecular weight excluding hydrogens is 428 g/mol. The molecule has 0 fully saturated rings. The van der Waals surface area contributed by atoms with Crippen LogP contribution in [0.1, 0.15) is 58.1 Å². The SMILES string of the molecule is CCCCOC(=O)C1=C(C)Nc2nc(SCCCC)nn2C1c1ccc(OC)c(OC)c1. The smallest absolute Gasteiger partial charge is 0.338 e. The van der Waals surface area contributed by atoms with E-state index in [0.29, 0.717) is 40.5 Å². The first-order valence-electron chi connectivity index (χ1n) is 11.0. The zero-order valence-corrected chi connectivity index (χ0v) is 20.3. The number of ether oxygens (including phenoxy) is 3.